The van der Waals surface area contributed by atoms with E-state index in [0.29, 0.717) is 30.1 Å². The molecule has 19 heavy (non-hydrogen) atoms. The number of H-pyrrole nitrogens is 1. The number of nitrogens with two attached hydrogens (primary N) is 1. The summed E-state index contributed by atoms with van der Waals surface area (Å²) in [6.45, 7) is 6.82. The number of anilines is 1. The minimum atomic E-state index is -0.191. The molecule has 0 aromatic carbocycles. The average Bonchev–Trinajstić information content (AvgIpc) is 2.81. The quantitative estimate of drug-likeness (QED) is 0.417. The van der Waals surface area contributed by atoms with E-state index in [1.54, 1.807) is 6.20 Å². The number of aromatic nitrogens is 4. The van der Waals surface area contributed by atoms with Gasteiger partial charge in [-0.2, -0.15) is 15.1 Å². The number of hydrogen-bond donors (Lipinski definition) is 3. The van der Waals surface area contributed by atoms with E-state index in [-0.39, 0.29) is 11.5 Å². The van der Waals surface area contributed by atoms with Crippen LogP contribution < -0.4 is 16.0 Å². The molecular weight excluding hydrogens is 248 g/mol. The molecule has 8 nitrogen and oxygen atoms in total. The van der Waals surface area contributed by atoms with Gasteiger partial charge in [-0.15, -0.1) is 0 Å². The number of nitrogens with zero attached hydrogens (tertiary/aromatic N) is 3. The van der Waals surface area contributed by atoms with Gasteiger partial charge in [0.25, 0.3) is 0 Å². The Morgan fingerprint density at radius 1 is 1.32 bits per heavy atom. The molecule has 0 unspecified atom stereocenters. The number of hydrazine groups is 1. The third kappa shape index (κ3) is 3.52. The summed E-state index contributed by atoms with van der Waals surface area (Å²) in [5.74, 6) is 5.99. The van der Waals surface area contributed by atoms with Gasteiger partial charge in [0.05, 0.1) is 18.4 Å². The van der Waals surface area contributed by atoms with Gasteiger partial charge in [0.1, 0.15) is 12.0 Å². The summed E-state index contributed by atoms with van der Waals surface area (Å²) in [6, 6.07) is 0. The van der Waals surface area contributed by atoms with Crippen LogP contribution in [0.1, 0.15) is 20.8 Å². The van der Waals surface area contributed by atoms with E-state index in [9.17, 15) is 0 Å². The van der Waals surface area contributed by atoms with E-state index >= 15 is 0 Å². The lowest BCUT2D eigenvalue weighted by Crippen LogP contribution is -2.22. The topological polar surface area (TPSA) is 111 Å². The highest BCUT2D eigenvalue weighted by atomic mass is 16.5. The summed E-state index contributed by atoms with van der Waals surface area (Å²) in [5, 5.41) is 7.34. The largest absolute Gasteiger partial charge is 0.475 e. The third-order valence-electron chi connectivity index (χ3n) is 2.26. The van der Waals surface area contributed by atoms with Gasteiger partial charge in [-0.05, 0) is 20.8 Å². The number of nitrogens with one attached hydrogen (secondary N) is 2. The van der Waals surface area contributed by atoms with E-state index in [0.717, 1.165) is 0 Å². The minimum absolute atomic E-state index is 0.191. The molecule has 2 aromatic rings. The van der Waals surface area contributed by atoms with Gasteiger partial charge < -0.3 is 9.47 Å². The van der Waals surface area contributed by atoms with Gasteiger partial charge in [0.2, 0.25) is 11.8 Å². The zero-order valence-corrected chi connectivity index (χ0v) is 11.2. The van der Waals surface area contributed by atoms with Crippen LogP contribution in [0, 0.1) is 0 Å². The molecule has 0 amide bonds. The summed E-state index contributed by atoms with van der Waals surface area (Å²) in [7, 11) is 0. The van der Waals surface area contributed by atoms with E-state index in [2.05, 4.69) is 25.6 Å². The second-order valence-corrected chi connectivity index (χ2v) is 4.94. The first-order chi connectivity index (χ1) is 8.99. The molecule has 2 rings (SSSR count). The third-order valence-corrected chi connectivity index (χ3v) is 2.26. The van der Waals surface area contributed by atoms with Crippen molar-refractivity contribution < 1.29 is 9.47 Å². The molecular formula is C11H18N6O2. The van der Waals surface area contributed by atoms with Gasteiger partial charge in [-0.25, -0.2) is 5.84 Å². The molecule has 2 aromatic heterocycles. The standard InChI is InChI=1S/C11H18N6O2/c1-11(2,3)19-5-4-18-9-7-6-13-17-8(7)14-10(15-9)16-12/h6H,4-5,12H2,1-3H3,(H2,13,14,15,16,17). The molecule has 0 atom stereocenters. The Hall–Kier alpha value is -1.93. The second kappa shape index (κ2) is 5.37. The number of aromatic amines is 1. The summed E-state index contributed by atoms with van der Waals surface area (Å²) in [4.78, 5) is 8.25. The number of hydrogen-bond acceptors (Lipinski definition) is 7. The van der Waals surface area contributed by atoms with Crippen LogP contribution in [0.4, 0.5) is 5.95 Å². The Balaban J connectivity index is 2.05. The van der Waals surface area contributed by atoms with Crippen LogP contribution in [0.2, 0.25) is 0 Å². The molecule has 0 saturated carbocycles. The molecule has 0 radical (unpaired) electrons. The predicted octanol–water partition coefficient (Wildman–Crippen LogP) is 0.832. The summed E-state index contributed by atoms with van der Waals surface area (Å²) < 4.78 is 11.2. The van der Waals surface area contributed by atoms with E-state index in [4.69, 9.17) is 15.3 Å². The highest BCUT2D eigenvalue weighted by Crippen LogP contribution is 2.21. The fraction of sp³-hybridized carbons (Fsp3) is 0.545. The van der Waals surface area contributed by atoms with Gasteiger partial charge >= 0.3 is 0 Å². The van der Waals surface area contributed by atoms with Crippen LogP contribution in [0.5, 0.6) is 5.88 Å². The first-order valence-electron chi connectivity index (χ1n) is 5.94. The smallest absolute Gasteiger partial charge is 0.242 e. The molecule has 8 heteroatoms. The van der Waals surface area contributed by atoms with Crippen LogP contribution in [0.15, 0.2) is 6.20 Å². The number of fused-ring (bicyclic) bond motifs is 1. The molecule has 0 spiro atoms. The Bertz CT molecular complexity index is 548. The van der Waals surface area contributed by atoms with Crippen molar-refractivity contribution in [2.45, 2.75) is 26.4 Å². The van der Waals surface area contributed by atoms with Crippen molar-refractivity contribution in [2.24, 2.45) is 5.84 Å². The average molecular weight is 266 g/mol. The minimum Gasteiger partial charge on any atom is -0.475 e. The highest BCUT2D eigenvalue weighted by Gasteiger charge is 2.12. The molecule has 4 N–H and O–H groups in total. The van der Waals surface area contributed by atoms with Crippen molar-refractivity contribution >= 4 is 17.0 Å². The number of nitrogen functional groups attached to an aromatic ring is 1. The molecule has 0 saturated heterocycles. The van der Waals surface area contributed by atoms with Crippen molar-refractivity contribution in [1.29, 1.82) is 0 Å². The van der Waals surface area contributed by atoms with Crippen LogP contribution in [-0.2, 0) is 4.74 Å². The number of rotatable bonds is 5. The Kier molecular flexibility index (Phi) is 3.82. The maximum Gasteiger partial charge on any atom is 0.242 e. The van der Waals surface area contributed by atoms with E-state index in [1.165, 1.54) is 0 Å². The van der Waals surface area contributed by atoms with Gasteiger partial charge in [0, 0.05) is 0 Å². The van der Waals surface area contributed by atoms with Gasteiger partial charge in [0.15, 0.2) is 5.65 Å². The van der Waals surface area contributed by atoms with E-state index < -0.39 is 0 Å². The lowest BCUT2D eigenvalue weighted by atomic mass is 10.2. The summed E-state index contributed by atoms with van der Waals surface area (Å²) in [6.07, 6.45) is 1.61. The van der Waals surface area contributed by atoms with Crippen LogP contribution in [0.3, 0.4) is 0 Å². The van der Waals surface area contributed by atoms with Crippen LogP contribution in [0.25, 0.3) is 11.0 Å². The Labute approximate surface area is 110 Å². The number of ether oxygens (including phenoxy) is 2. The Morgan fingerprint density at radius 3 is 2.79 bits per heavy atom. The zero-order chi connectivity index (χ0) is 13.9. The first-order valence-corrected chi connectivity index (χ1v) is 5.94. The van der Waals surface area contributed by atoms with Crippen molar-refractivity contribution in [3.8, 4) is 5.88 Å². The van der Waals surface area contributed by atoms with Crippen molar-refractivity contribution in [3.05, 3.63) is 6.20 Å². The van der Waals surface area contributed by atoms with E-state index in [1.807, 2.05) is 20.8 Å². The SMILES string of the molecule is CC(C)(C)OCCOc1nc(NN)nc2[nH]ncc12. The molecule has 0 aliphatic rings. The molecule has 0 aliphatic heterocycles. The molecule has 104 valence electrons. The molecule has 2 heterocycles. The fourth-order valence-corrected chi connectivity index (χ4v) is 1.47. The second-order valence-electron chi connectivity index (χ2n) is 4.94. The zero-order valence-electron chi connectivity index (χ0n) is 11.2. The Morgan fingerprint density at radius 2 is 2.11 bits per heavy atom. The van der Waals surface area contributed by atoms with Crippen LogP contribution >= 0.6 is 0 Å². The van der Waals surface area contributed by atoms with Crippen molar-refractivity contribution in [1.82, 2.24) is 20.2 Å². The molecule has 0 bridgehead atoms. The van der Waals surface area contributed by atoms with Crippen molar-refractivity contribution in [2.75, 3.05) is 18.6 Å². The van der Waals surface area contributed by atoms with Gasteiger partial charge in [-0.1, -0.05) is 0 Å². The molecule has 0 aliphatic carbocycles. The lowest BCUT2D eigenvalue weighted by molar-refractivity contribution is -0.0166. The normalized spacial score (nSPS) is 11.8. The van der Waals surface area contributed by atoms with Gasteiger partial charge in [-0.3, -0.25) is 10.5 Å². The highest BCUT2D eigenvalue weighted by molar-refractivity contribution is 5.80. The first kappa shape index (κ1) is 13.5. The fourth-order valence-electron chi connectivity index (χ4n) is 1.47. The predicted molar refractivity (Wildman–Crippen MR) is 70.7 cm³/mol. The molecule has 0 fully saturated rings. The summed E-state index contributed by atoms with van der Waals surface area (Å²) >= 11 is 0. The van der Waals surface area contributed by atoms with Crippen molar-refractivity contribution in [3.63, 3.8) is 0 Å². The lowest BCUT2D eigenvalue weighted by Gasteiger charge is -2.19. The summed E-state index contributed by atoms with van der Waals surface area (Å²) in [5.41, 5.74) is 2.76. The monoisotopic (exact) mass is 266 g/mol. The maximum atomic E-state index is 5.58. The maximum absolute atomic E-state index is 5.58. The van der Waals surface area contributed by atoms with Crippen LogP contribution in [-0.4, -0.2) is 39.0 Å².